The Morgan fingerprint density at radius 3 is 2.84 bits per heavy atom. The molecule has 4 aromatic rings. The molecular formula is C25H32FN5. The van der Waals surface area contributed by atoms with Gasteiger partial charge >= 0.3 is 0 Å². The van der Waals surface area contributed by atoms with Crippen molar-refractivity contribution in [2.24, 2.45) is 0 Å². The SMILES string of the molecule is C=C(NC(CCC)[C@H](F)CC)c1cnn2ccc(-c3c[nH]c4ncccc34)cc12.CC. The number of aromatic nitrogens is 4. The van der Waals surface area contributed by atoms with Crippen LogP contribution in [-0.4, -0.2) is 31.8 Å². The minimum Gasteiger partial charge on any atom is -0.379 e. The van der Waals surface area contributed by atoms with Gasteiger partial charge in [0.15, 0.2) is 0 Å². The van der Waals surface area contributed by atoms with E-state index in [1.165, 1.54) is 0 Å². The Hall–Kier alpha value is -3.15. The largest absolute Gasteiger partial charge is 0.379 e. The maximum Gasteiger partial charge on any atom is 0.137 e. The second-order valence-electron chi connectivity index (χ2n) is 7.35. The van der Waals surface area contributed by atoms with Gasteiger partial charge in [-0.05, 0) is 42.7 Å². The zero-order valence-corrected chi connectivity index (χ0v) is 18.8. The summed E-state index contributed by atoms with van der Waals surface area (Å²) >= 11 is 0. The normalized spacial score (nSPS) is 12.9. The summed E-state index contributed by atoms with van der Waals surface area (Å²) < 4.78 is 16.2. The van der Waals surface area contributed by atoms with Gasteiger partial charge in [0.1, 0.15) is 11.8 Å². The van der Waals surface area contributed by atoms with Crippen LogP contribution < -0.4 is 5.32 Å². The van der Waals surface area contributed by atoms with Crippen molar-refractivity contribution in [3.05, 3.63) is 61.2 Å². The van der Waals surface area contributed by atoms with E-state index in [0.29, 0.717) is 12.1 Å². The fourth-order valence-electron chi connectivity index (χ4n) is 3.82. The van der Waals surface area contributed by atoms with Gasteiger partial charge in [0.2, 0.25) is 0 Å². The fourth-order valence-corrected chi connectivity index (χ4v) is 3.82. The Morgan fingerprint density at radius 2 is 2.10 bits per heavy atom. The summed E-state index contributed by atoms with van der Waals surface area (Å²) in [5.41, 5.74) is 5.52. The number of nitrogens with one attached hydrogen (secondary N) is 2. The molecule has 0 spiro atoms. The van der Waals surface area contributed by atoms with E-state index in [-0.39, 0.29) is 6.04 Å². The highest BCUT2D eigenvalue weighted by atomic mass is 19.1. The van der Waals surface area contributed by atoms with Crippen LogP contribution in [0.15, 0.2) is 55.6 Å². The van der Waals surface area contributed by atoms with Crippen LogP contribution in [0.5, 0.6) is 0 Å². The summed E-state index contributed by atoms with van der Waals surface area (Å²) in [6.07, 6.45) is 8.73. The average Bonchev–Trinajstić information content (AvgIpc) is 3.43. The molecule has 31 heavy (non-hydrogen) atoms. The average molecular weight is 422 g/mol. The Balaban J connectivity index is 0.00000132. The molecule has 6 heteroatoms. The summed E-state index contributed by atoms with van der Waals surface area (Å²) in [6, 6.07) is 7.87. The fraction of sp³-hybridized carbons (Fsp3) is 0.360. The van der Waals surface area contributed by atoms with Crippen molar-refractivity contribution >= 4 is 22.2 Å². The molecule has 2 atom stereocenters. The lowest BCUT2D eigenvalue weighted by molar-refractivity contribution is 0.247. The van der Waals surface area contributed by atoms with E-state index < -0.39 is 6.17 Å². The van der Waals surface area contributed by atoms with E-state index in [1.54, 1.807) is 12.4 Å². The first-order valence-electron chi connectivity index (χ1n) is 11.1. The van der Waals surface area contributed by atoms with Gasteiger partial charge in [-0.1, -0.05) is 40.7 Å². The van der Waals surface area contributed by atoms with Crippen molar-refractivity contribution in [1.29, 1.82) is 0 Å². The van der Waals surface area contributed by atoms with Crippen molar-refractivity contribution in [3.63, 3.8) is 0 Å². The minimum absolute atomic E-state index is 0.240. The highest BCUT2D eigenvalue weighted by molar-refractivity contribution is 5.94. The molecular weight excluding hydrogens is 389 g/mol. The number of rotatable bonds is 8. The lowest BCUT2D eigenvalue weighted by Crippen LogP contribution is -2.35. The first-order chi connectivity index (χ1) is 15.1. The maximum atomic E-state index is 14.4. The molecule has 0 saturated heterocycles. The third-order valence-corrected chi connectivity index (χ3v) is 5.39. The number of alkyl halides is 1. The molecule has 0 aromatic carbocycles. The first-order valence-corrected chi connectivity index (χ1v) is 11.1. The van der Waals surface area contributed by atoms with Gasteiger partial charge in [-0.15, -0.1) is 0 Å². The quantitative estimate of drug-likeness (QED) is 0.347. The van der Waals surface area contributed by atoms with Crippen LogP contribution in [-0.2, 0) is 0 Å². The van der Waals surface area contributed by atoms with Crippen LogP contribution >= 0.6 is 0 Å². The zero-order valence-electron chi connectivity index (χ0n) is 18.8. The Labute approximate surface area is 183 Å². The van der Waals surface area contributed by atoms with Gasteiger partial charge < -0.3 is 10.3 Å². The summed E-state index contributed by atoms with van der Waals surface area (Å²) in [4.78, 5) is 7.59. The number of fused-ring (bicyclic) bond motifs is 2. The summed E-state index contributed by atoms with van der Waals surface area (Å²) in [5.74, 6) is 0. The highest BCUT2D eigenvalue weighted by Crippen LogP contribution is 2.30. The molecule has 0 fully saturated rings. The predicted octanol–water partition coefficient (Wildman–Crippen LogP) is 6.38. The van der Waals surface area contributed by atoms with E-state index in [4.69, 9.17) is 0 Å². The molecule has 0 aliphatic rings. The van der Waals surface area contributed by atoms with Crippen molar-refractivity contribution in [3.8, 4) is 11.1 Å². The third kappa shape index (κ3) is 4.63. The van der Waals surface area contributed by atoms with Gasteiger partial charge in [0.05, 0.1) is 17.8 Å². The predicted molar refractivity (Wildman–Crippen MR) is 128 cm³/mol. The smallest absolute Gasteiger partial charge is 0.137 e. The van der Waals surface area contributed by atoms with E-state index >= 15 is 0 Å². The first kappa shape index (κ1) is 22.5. The van der Waals surface area contributed by atoms with Gasteiger partial charge in [0, 0.05) is 40.8 Å². The Kier molecular flexibility index (Phi) is 7.45. The number of H-pyrrole nitrogens is 1. The molecule has 0 aliphatic carbocycles. The topological polar surface area (TPSA) is 58.0 Å². The zero-order chi connectivity index (χ0) is 22.4. The van der Waals surface area contributed by atoms with E-state index in [0.717, 1.165) is 46.1 Å². The highest BCUT2D eigenvalue weighted by Gasteiger charge is 2.20. The number of hydrogen-bond acceptors (Lipinski definition) is 3. The Morgan fingerprint density at radius 1 is 1.29 bits per heavy atom. The van der Waals surface area contributed by atoms with E-state index in [1.807, 2.05) is 49.8 Å². The molecule has 0 bridgehead atoms. The van der Waals surface area contributed by atoms with Crippen LogP contribution in [0.25, 0.3) is 33.4 Å². The molecule has 5 nitrogen and oxygen atoms in total. The van der Waals surface area contributed by atoms with Gasteiger partial charge in [0.25, 0.3) is 0 Å². The van der Waals surface area contributed by atoms with Crippen molar-refractivity contribution in [2.45, 2.75) is 59.2 Å². The van der Waals surface area contributed by atoms with Crippen LogP contribution in [0, 0.1) is 0 Å². The number of nitrogens with zero attached hydrogens (tertiary/aromatic N) is 3. The standard InChI is InChI=1S/C23H26FN5.C2H6/c1-4-7-21(20(24)5-2)28-15(3)18-14-27-29-11-9-16(12-22(18)29)19-13-26-23-17(19)8-6-10-25-23;1-2/h6,8-14,20-21,28H,3-5,7H2,1-2H3,(H,25,26);1-2H3/t20-,21?;/m1./s1. The molecule has 2 N–H and O–H groups in total. The number of pyridine rings is 2. The molecule has 4 rings (SSSR count). The Bertz CT molecular complexity index is 1140. The third-order valence-electron chi connectivity index (χ3n) is 5.39. The lowest BCUT2D eigenvalue weighted by Gasteiger charge is -2.23. The van der Waals surface area contributed by atoms with Gasteiger partial charge in [-0.2, -0.15) is 5.10 Å². The minimum atomic E-state index is -0.900. The molecule has 0 amide bonds. The van der Waals surface area contributed by atoms with Crippen LogP contribution in [0.4, 0.5) is 4.39 Å². The summed E-state index contributed by atoms with van der Waals surface area (Å²) in [6.45, 7) is 12.1. The van der Waals surface area contributed by atoms with Gasteiger partial charge in [-0.3, -0.25) is 0 Å². The van der Waals surface area contributed by atoms with Crippen LogP contribution in [0.3, 0.4) is 0 Å². The van der Waals surface area contributed by atoms with E-state index in [9.17, 15) is 4.39 Å². The molecule has 0 radical (unpaired) electrons. The molecule has 1 unspecified atom stereocenters. The van der Waals surface area contributed by atoms with Crippen LogP contribution in [0.2, 0.25) is 0 Å². The number of aromatic amines is 1. The molecule has 164 valence electrons. The van der Waals surface area contributed by atoms with Crippen molar-refractivity contribution in [1.82, 2.24) is 24.9 Å². The summed E-state index contributed by atoms with van der Waals surface area (Å²) in [7, 11) is 0. The van der Waals surface area contributed by atoms with Crippen LogP contribution in [0.1, 0.15) is 52.5 Å². The number of hydrogen-bond donors (Lipinski definition) is 2. The van der Waals surface area contributed by atoms with E-state index in [2.05, 4.69) is 46.0 Å². The molecule has 0 aliphatic heterocycles. The second kappa shape index (κ2) is 10.2. The second-order valence-corrected chi connectivity index (χ2v) is 7.35. The summed E-state index contributed by atoms with van der Waals surface area (Å²) in [5, 5.41) is 8.82. The van der Waals surface area contributed by atoms with Crippen molar-refractivity contribution < 1.29 is 4.39 Å². The number of halogens is 1. The maximum absolute atomic E-state index is 14.4. The van der Waals surface area contributed by atoms with Gasteiger partial charge in [-0.25, -0.2) is 13.9 Å². The molecule has 4 heterocycles. The molecule has 0 saturated carbocycles. The molecule has 4 aromatic heterocycles. The van der Waals surface area contributed by atoms with Crippen molar-refractivity contribution in [2.75, 3.05) is 0 Å². The lowest BCUT2D eigenvalue weighted by atomic mass is 10.0. The monoisotopic (exact) mass is 421 g/mol.